The molecule has 0 aromatic rings. The van der Waals surface area contributed by atoms with E-state index in [1.165, 1.54) is 0 Å². The van der Waals surface area contributed by atoms with Gasteiger partial charge in [0, 0.05) is 0 Å². The minimum atomic E-state index is 0. The van der Waals surface area contributed by atoms with Crippen molar-refractivity contribution in [3.05, 3.63) is 48.6 Å². The Labute approximate surface area is 124 Å². The largest absolute Gasteiger partial charge is 1.00 e. The van der Waals surface area contributed by atoms with Crippen LogP contribution in [0.3, 0.4) is 0 Å². The van der Waals surface area contributed by atoms with Crippen molar-refractivity contribution >= 4 is 6.19 Å². The van der Waals surface area contributed by atoms with E-state index in [1.807, 2.05) is 24.3 Å². The van der Waals surface area contributed by atoms with E-state index >= 15 is 0 Å². The third kappa shape index (κ3) is 24.0. The molecule has 0 bridgehead atoms. The fraction of sp³-hybridized carbons (Fsp3) is 0.333. The summed E-state index contributed by atoms with van der Waals surface area (Å²) < 4.78 is 0. The molecule has 0 nitrogen and oxygen atoms in total. The van der Waals surface area contributed by atoms with Crippen molar-refractivity contribution in [3.63, 3.8) is 0 Å². The van der Waals surface area contributed by atoms with E-state index in [0.29, 0.717) is 0 Å². The molecular formula is C12H16Cl2SiTi-2. The molecule has 0 spiro atoms. The zero-order valence-corrected chi connectivity index (χ0v) is 13.7. The Morgan fingerprint density at radius 2 is 1.25 bits per heavy atom. The molecule has 0 unspecified atom stereocenters. The number of hydrogen-bond acceptors (Lipinski definition) is 0. The van der Waals surface area contributed by atoms with Gasteiger partial charge >= 0.3 is 38.5 Å². The van der Waals surface area contributed by atoms with E-state index < -0.39 is 0 Å². The Kier molecular flexibility index (Phi) is 24.2. The Balaban J connectivity index is -0.000000151. The molecule has 0 atom stereocenters. The van der Waals surface area contributed by atoms with Gasteiger partial charge in [0.2, 0.25) is 0 Å². The van der Waals surface area contributed by atoms with Crippen molar-refractivity contribution in [3.8, 4) is 0 Å². The van der Waals surface area contributed by atoms with Gasteiger partial charge < -0.3 is 24.8 Å². The minimum absolute atomic E-state index is 0. The van der Waals surface area contributed by atoms with Gasteiger partial charge in [-0.2, -0.15) is 12.2 Å². The van der Waals surface area contributed by atoms with Crippen LogP contribution in [0, 0.1) is 12.2 Å². The summed E-state index contributed by atoms with van der Waals surface area (Å²) in [6, 6.07) is 0. The quantitative estimate of drug-likeness (QED) is 0.340. The SMILES string of the molecule is C[Si](C)=[Ti+2].[C-]1=CC=CC1.[C-]1=CC=CC1.[Cl-].[Cl-]. The third-order valence-electron chi connectivity index (χ3n) is 1.17. The monoisotopic (exact) mass is 306 g/mol. The maximum atomic E-state index is 2.99. The third-order valence-corrected chi connectivity index (χ3v) is 1.17. The first-order chi connectivity index (χ1) is 6.73. The molecule has 2 rings (SSSR count). The van der Waals surface area contributed by atoms with Crippen LogP contribution in [-0.4, -0.2) is 6.19 Å². The number of allylic oxidation sites excluding steroid dienone is 8. The van der Waals surface area contributed by atoms with Crippen LogP contribution in [0.4, 0.5) is 0 Å². The molecule has 0 radical (unpaired) electrons. The van der Waals surface area contributed by atoms with Crippen molar-refractivity contribution in [1.82, 2.24) is 0 Å². The van der Waals surface area contributed by atoms with Crippen LogP contribution in [0.1, 0.15) is 12.8 Å². The molecule has 0 aliphatic heterocycles. The summed E-state index contributed by atoms with van der Waals surface area (Å²) >= 11 is 2.27. The molecule has 0 N–H and O–H groups in total. The zero-order chi connectivity index (χ0) is 10.6. The van der Waals surface area contributed by atoms with Crippen molar-refractivity contribution < 1.29 is 44.0 Å². The number of halogens is 2. The summed E-state index contributed by atoms with van der Waals surface area (Å²) in [4.78, 5) is 0. The summed E-state index contributed by atoms with van der Waals surface area (Å²) in [5.74, 6) is 0. The zero-order valence-electron chi connectivity index (χ0n) is 9.63. The second kappa shape index (κ2) is 17.9. The Morgan fingerprint density at radius 1 is 0.938 bits per heavy atom. The second-order valence-corrected chi connectivity index (χ2v) is 9.69. The van der Waals surface area contributed by atoms with Crippen LogP contribution in [0.5, 0.6) is 0 Å². The average molecular weight is 307 g/mol. The number of rotatable bonds is 0. The van der Waals surface area contributed by atoms with E-state index in [1.54, 1.807) is 0 Å². The van der Waals surface area contributed by atoms with Gasteiger partial charge in [0.1, 0.15) is 0 Å². The standard InChI is InChI=1S/2C5H5.C2H6Si.2ClH.Ti/c2*1-2-4-5-3-1;1-3-2;;;/h2*1-3H,4H2;1-2H3;2*1H;/q2*-1;;;;+2/p-2. The topological polar surface area (TPSA) is 0 Å². The summed E-state index contributed by atoms with van der Waals surface area (Å²) in [7, 11) is 0. The van der Waals surface area contributed by atoms with Crippen molar-refractivity contribution in [2.45, 2.75) is 25.9 Å². The van der Waals surface area contributed by atoms with Gasteiger partial charge in [-0.3, -0.25) is 12.2 Å². The minimum Gasteiger partial charge on any atom is -1.00 e. The Morgan fingerprint density at radius 3 is 1.31 bits per heavy atom. The second-order valence-electron chi connectivity index (χ2n) is 3.01. The predicted octanol–water partition coefficient (Wildman–Crippen LogP) is -2.60. The van der Waals surface area contributed by atoms with E-state index in [9.17, 15) is 0 Å². The van der Waals surface area contributed by atoms with Gasteiger partial charge in [0.15, 0.2) is 0 Å². The molecular weight excluding hydrogens is 291 g/mol. The first-order valence-corrected chi connectivity index (χ1v) is 9.53. The maximum Gasteiger partial charge on any atom is -0.109 e. The van der Waals surface area contributed by atoms with Crippen molar-refractivity contribution in [2.75, 3.05) is 0 Å². The molecule has 2 aliphatic carbocycles. The molecule has 0 saturated heterocycles. The molecule has 0 aromatic heterocycles. The average Bonchev–Trinajstić information content (AvgIpc) is 2.83. The maximum absolute atomic E-state index is 2.99. The summed E-state index contributed by atoms with van der Waals surface area (Å²) in [5.41, 5.74) is 0. The molecule has 0 saturated carbocycles. The van der Waals surface area contributed by atoms with E-state index in [2.05, 4.69) is 56.6 Å². The van der Waals surface area contributed by atoms with Crippen LogP contribution in [0.15, 0.2) is 36.5 Å². The molecule has 2 aliphatic rings. The van der Waals surface area contributed by atoms with Gasteiger partial charge in [-0.05, 0) is 0 Å². The Hall–Kier alpha value is 0.471. The molecule has 0 heterocycles. The smallest absolute Gasteiger partial charge is 0.109 e. The summed E-state index contributed by atoms with van der Waals surface area (Å²) in [6.07, 6.45) is 20.1. The van der Waals surface area contributed by atoms with E-state index in [-0.39, 0.29) is 31.0 Å². The number of hydrogen-bond donors (Lipinski definition) is 0. The van der Waals surface area contributed by atoms with Gasteiger partial charge in [-0.25, -0.2) is 24.3 Å². The molecule has 0 amide bonds. The van der Waals surface area contributed by atoms with Gasteiger partial charge in [0.25, 0.3) is 0 Å². The summed E-state index contributed by atoms with van der Waals surface area (Å²) in [6.45, 7) is 4.54. The normalized spacial score (nSPS) is 12.8. The van der Waals surface area contributed by atoms with Gasteiger partial charge in [-0.15, -0.1) is 12.8 Å². The first-order valence-electron chi connectivity index (χ1n) is 4.68. The van der Waals surface area contributed by atoms with Crippen LogP contribution in [0.25, 0.3) is 0 Å². The fourth-order valence-corrected chi connectivity index (χ4v) is 0.680. The van der Waals surface area contributed by atoms with Crippen LogP contribution in [0.2, 0.25) is 13.1 Å². The molecule has 0 aromatic carbocycles. The van der Waals surface area contributed by atoms with Crippen LogP contribution in [-0.2, 0) is 19.2 Å². The van der Waals surface area contributed by atoms with Crippen molar-refractivity contribution in [1.29, 1.82) is 0 Å². The fourth-order valence-electron chi connectivity index (χ4n) is 0.680. The van der Waals surface area contributed by atoms with E-state index in [0.717, 1.165) is 12.8 Å². The van der Waals surface area contributed by atoms with Gasteiger partial charge in [-0.1, -0.05) is 0 Å². The Bertz CT molecular complexity index is 222. The van der Waals surface area contributed by atoms with Gasteiger partial charge in [0.05, 0.1) is 0 Å². The van der Waals surface area contributed by atoms with Crippen LogP contribution >= 0.6 is 0 Å². The van der Waals surface area contributed by atoms with Crippen molar-refractivity contribution in [2.24, 2.45) is 0 Å². The van der Waals surface area contributed by atoms with E-state index in [4.69, 9.17) is 0 Å². The molecule has 4 heteroatoms. The summed E-state index contributed by atoms with van der Waals surface area (Å²) in [5, 5.41) is 0. The predicted molar refractivity (Wildman–Crippen MR) is 60.6 cm³/mol. The molecule has 88 valence electrons. The van der Waals surface area contributed by atoms with Crippen LogP contribution < -0.4 is 24.8 Å². The molecule has 0 fully saturated rings. The molecule has 16 heavy (non-hydrogen) atoms. The first kappa shape index (κ1) is 21.7.